The predicted octanol–water partition coefficient (Wildman–Crippen LogP) is 1.55. The van der Waals surface area contributed by atoms with E-state index in [4.69, 9.17) is 4.74 Å². The zero-order chi connectivity index (χ0) is 15.7. The lowest BCUT2D eigenvalue weighted by Crippen LogP contribution is -2.48. The second kappa shape index (κ2) is 5.72. The number of carbonyl (C=O) groups excluding carboxylic acids is 1. The van der Waals surface area contributed by atoms with E-state index in [1.54, 1.807) is 36.1 Å². The summed E-state index contributed by atoms with van der Waals surface area (Å²) in [5, 5.41) is 0. The lowest BCUT2D eigenvalue weighted by Gasteiger charge is -2.35. The maximum atomic E-state index is 12.2. The van der Waals surface area contributed by atoms with Crippen LogP contribution in [0.1, 0.15) is 31.7 Å². The average molecular weight is 322 g/mol. The Morgan fingerprint density at radius 2 is 2.14 bits per heavy atom. The van der Waals surface area contributed by atoms with Crippen LogP contribution in [0.2, 0.25) is 0 Å². The highest BCUT2D eigenvalue weighted by Crippen LogP contribution is 2.30. The van der Waals surface area contributed by atoms with E-state index in [1.165, 1.54) is 0 Å². The first kappa shape index (κ1) is 15.0. The average Bonchev–Trinajstić information content (AvgIpc) is 2.80. The summed E-state index contributed by atoms with van der Waals surface area (Å²) in [5.41, 5.74) is 0.568. The molecule has 1 aromatic rings. The molecular weight excluding hydrogens is 304 g/mol. The second-order valence-corrected chi connectivity index (χ2v) is 6.92. The standard InChI is InChI=1S/C15H18N2O4S/c1-2-21-15(18)12-8-5-6-10-17(12)14-11-7-3-4-9-13(11)22(19,20)16-14/h3-4,7,9,12H,2,5-6,8,10H2,1H3/t12-/m1/s1. The van der Waals surface area contributed by atoms with Gasteiger partial charge in [0.15, 0.2) is 5.84 Å². The molecule has 7 heteroatoms. The van der Waals surface area contributed by atoms with Crippen LogP contribution >= 0.6 is 0 Å². The van der Waals surface area contributed by atoms with E-state index in [9.17, 15) is 13.2 Å². The van der Waals surface area contributed by atoms with Gasteiger partial charge >= 0.3 is 5.97 Å². The molecule has 0 radical (unpaired) electrons. The molecule has 118 valence electrons. The van der Waals surface area contributed by atoms with E-state index in [2.05, 4.69) is 4.40 Å². The van der Waals surface area contributed by atoms with Gasteiger partial charge < -0.3 is 9.64 Å². The Labute approximate surface area is 129 Å². The molecule has 1 aromatic carbocycles. The summed E-state index contributed by atoms with van der Waals surface area (Å²) in [7, 11) is -3.67. The molecule has 3 rings (SSSR count). The van der Waals surface area contributed by atoms with Crippen molar-refractivity contribution in [2.45, 2.75) is 37.1 Å². The van der Waals surface area contributed by atoms with Crippen molar-refractivity contribution in [3.8, 4) is 0 Å². The van der Waals surface area contributed by atoms with Crippen molar-refractivity contribution in [3.63, 3.8) is 0 Å². The lowest BCUT2D eigenvalue weighted by atomic mass is 10.0. The molecule has 0 aliphatic carbocycles. The van der Waals surface area contributed by atoms with Crippen molar-refractivity contribution in [2.75, 3.05) is 13.2 Å². The Bertz CT molecular complexity index is 727. The number of likely N-dealkylation sites (tertiary alicyclic amines) is 1. The quantitative estimate of drug-likeness (QED) is 0.772. The van der Waals surface area contributed by atoms with Crippen LogP contribution in [0.15, 0.2) is 33.6 Å². The SMILES string of the molecule is CCOC(=O)[C@H]1CCCCN1C1=NS(=O)(=O)c2ccccc21. The first-order chi connectivity index (χ1) is 10.5. The zero-order valence-electron chi connectivity index (χ0n) is 12.4. The van der Waals surface area contributed by atoms with Gasteiger partial charge in [0.1, 0.15) is 10.9 Å². The number of piperidine rings is 1. The van der Waals surface area contributed by atoms with Gasteiger partial charge in [-0.1, -0.05) is 12.1 Å². The van der Waals surface area contributed by atoms with Crippen LogP contribution in [0, 0.1) is 0 Å². The zero-order valence-corrected chi connectivity index (χ0v) is 13.2. The van der Waals surface area contributed by atoms with Gasteiger partial charge in [-0.3, -0.25) is 0 Å². The highest BCUT2D eigenvalue weighted by Gasteiger charge is 2.38. The highest BCUT2D eigenvalue weighted by molar-refractivity contribution is 7.90. The molecule has 1 saturated heterocycles. The Morgan fingerprint density at radius 3 is 2.91 bits per heavy atom. The molecular formula is C15H18N2O4S. The molecule has 1 atom stereocenters. The van der Waals surface area contributed by atoms with Gasteiger partial charge in [-0.15, -0.1) is 4.40 Å². The fourth-order valence-electron chi connectivity index (χ4n) is 2.96. The molecule has 0 unspecified atom stereocenters. The summed E-state index contributed by atoms with van der Waals surface area (Å²) >= 11 is 0. The van der Waals surface area contributed by atoms with Gasteiger partial charge in [0.2, 0.25) is 0 Å². The highest BCUT2D eigenvalue weighted by atomic mass is 32.2. The summed E-state index contributed by atoms with van der Waals surface area (Å²) in [5.74, 6) is 0.0556. The maximum Gasteiger partial charge on any atom is 0.328 e. The van der Waals surface area contributed by atoms with Gasteiger partial charge in [-0.05, 0) is 38.3 Å². The van der Waals surface area contributed by atoms with E-state index in [0.717, 1.165) is 12.8 Å². The van der Waals surface area contributed by atoms with Crippen LogP contribution in [0.5, 0.6) is 0 Å². The number of fused-ring (bicyclic) bond motifs is 1. The molecule has 0 saturated carbocycles. The second-order valence-electron chi connectivity index (χ2n) is 5.34. The molecule has 2 aliphatic rings. The summed E-state index contributed by atoms with van der Waals surface area (Å²) in [6, 6.07) is 6.26. The van der Waals surface area contributed by atoms with Crippen molar-refractivity contribution in [1.82, 2.24) is 4.90 Å². The third-order valence-corrected chi connectivity index (χ3v) is 5.27. The van der Waals surface area contributed by atoms with Crippen molar-refractivity contribution in [1.29, 1.82) is 0 Å². The number of rotatable bonds is 2. The van der Waals surface area contributed by atoms with Crippen LogP contribution in [0.25, 0.3) is 0 Å². The fourth-order valence-corrected chi connectivity index (χ4v) is 4.18. The van der Waals surface area contributed by atoms with Crippen molar-refractivity contribution < 1.29 is 17.9 Å². The van der Waals surface area contributed by atoms with Gasteiger partial charge in [0.05, 0.1) is 6.61 Å². The topological polar surface area (TPSA) is 76.0 Å². The van der Waals surface area contributed by atoms with Crippen LogP contribution in [0.3, 0.4) is 0 Å². The van der Waals surface area contributed by atoms with Crippen molar-refractivity contribution in [2.24, 2.45) is 4.40 Å². The summed E-state index contributed by atoms with van der Waals surface area (Å²) in [6.07, 6.45) is 2.47. The number of ether oxygens (including phenoxy) is 1. The molecule has 2 aliphatic heterocycles. The number of esters is 1. The molecule has 0 spiro atoms. The normalized spacial score (nSPS) is 22.9. The number of benzene rings is 1. The van der Waals surface area contributed by atoms with Crippen LogP contribution in [0.4, 0.5) is 0 Å². The number of hydrogen-bond acceptors (Lipinski definition) is 5. The van der Waals surface area contributed by atoms with Gasteiger partial charge in [0.25, 0.3) is 10.0 Å². The number of hydrogen-bond donors (Lipinski definition) is 0. The summed E-state index contributed by atoms with van der Waals surface area (Å²) < 4.78 is 33.4. The maximum absolute atomic E-state index is 12.2. The van der Waals surface area contributed by atoms with Crippen LogP contribution in [-0.4, -0.2) is 44.3 Å². The monoisotopic (exact) mass is 322 g/mol. The summed E-state index contributed by atoms with van der Waals surface area (Å²) in [4.78, 5) is 14.2. The number of sulfonamides is 1. The first-order valence-electron chi connectivity index (χ1n) is 7.42. The Kier molecular flexibility index (Phi) is 3.90. The minimum absolute atomic E-state index is 0.207. The fraction of sp³-hybridized carbons (Fsp3) is 0.467. The Morgan fingerprint density at radius 1 is 1.36 bits per heavy atom. The number of amidine groups is 1. The largest absolute Gasteiger partial charge is 0.464 e. The van der Waals surface area contributed by atoms with E-state index in [1.807, 2.05) is 0 Å². The van der Waals surface area contributed by atoms with Gasteiger partial charge in [-0.25, -0.2) is 4.79 Å². The van der Waals surface area contributed by atoms with Crippen molar-refractivity contribution >= 4 is 21.8 Å². The molecule has 0 bridgehead atoms. The van der Waals surface area contributed by atoms with Gasteiger partial charge in [-0.2, -0.15) is 8.42 Å². The van der Waals surface area contributed by atoms with E-state index >= 15 is 0 Å². The molecule has 6 nitrogen and oxygen atoms in total. The smallest absolute Gasteiger partial charge is 0.328 e. The first-order valence-corrected chi connectivity index (χ1v) is 8.86. The summed E-state index contributed by atoms with van der Waals surface area (Å²) in [6.45, 7) is 2.68. The number of nitrogens with zero attached hydrogens (tertiary/aromatic N) is 2. The van der Waals surface area contributed by atoms with E-state index in [0.29, 0.717) is 31.0 Å². The Hall–Kier alpha value is -1.89. The lowest BCUT2D eigenvalue weighted by molar-refractivity contribution is -0.149. The van der Waals surface area contributed by atoms with E-state index < -0.39 is 16.1 Å². The van der Waals surface area contributed by atoms with Crippen molar-refractivity contribution in [3.05, 3.63) is 29.8 Å². The molecule has 1 fully saturated rings. The predicted molar refractivity (Wildman–Crippen MR) is 81.1 cm³/mol. The Balaban J connectivity index is 2.00. The molecule has 0 amide bonds. The molecule has 0 N–H and O–H groups in total. The van der Waals surface area contributed by atoms with Crippen LogP contribution in [-0.2, 0) is 19.6 Å². The molecule has 0 aromatic heterocycles. The minimum atomic E-state index is -3.67. The molecule has 22 heavy (non-hydrogen) atoms. The van der Waals surface area contributed by atoms with E-state index in [-0.39, 0.29) is 10.9 Å². The molecule has 2 heterocycles. The third-order valence-electron chi connectivity index (χ3n) is 3.95. The third kappa shape index (κ3) is 2.49. The van der Waals surface area contributed by atoms with Gasteiger partial charge in [0, 0.05) is 12.1 Å². The van der Waals surface area contributed by atoms with Crippen LogP contribution < -0.4 is 0 Å². The number of carbonyl (C=O) groups is 1. The minimum Gasteiger partial charge on any atom is -0.464 e.